The number of amidine groups is 1. The number of anilines is 1. The molecule has 5 nitrogen and oxygen atoms in total. The summed E-state index contributed by atoms with van der Waals surface area (Å²) in [6, 6.07) is 13.2. The van der Waals surface area contributed by atoms with E-state index in [9.17, 15) is 9.90 Å². The Morgan fingerprint density at radius 2 is 1.93 bits per heavy atom. The molecule has 27 heavy (non-hydrogen) atoms. The highest BCUT2D eigenvalue weighted by atomic mass is 127. The summed E-state index contributed by atoms with van der Waals surface area (Å²) >= 11 is 3.44. The van der Waals surface area contributed by atoms with Crippen molar-refractivity contribution in [2.45, 2.75) is 6.92 Å². The number of benzene rings is 2. The zero-order valence-corrected chi connectivity index (χ0v) is 18.3. The van der Waals surface area contributed by atoms with Crippen molar-refractivity contribution in [3.05, 3.63) is 56.5 Å². The number of thioether (sulfide) groups is 1. The molecule has 140 valence electrons. The van der Waals surface area contributed by atoms with Gasteiger partial charge in [-0.25, -0.2) is 4.99 Å². The van der Waals surface area contributed by atoms with Crippen molar-refractivity contribution in [2.75, 3.05) is 25.5 Å². The Labute approximate surface area is 176 Å². The molecule has 1 N–H and O–H groups in total. The molecule has 1 aliphatic rings. The highest BCUT2D eigenvalue weighted by Crippen LogP contribution is 2.34. The lowest BCUT2D eigenvalue weighted by atomic mass is 10.2. The van der Waals surface area contributed by atoms with Gasteiger partial charge in [0.15, 0.2) is 5.17 Å². The largest absolute Gasteiger partial charge is 0.507 e. The normalized spacial score (nSPS) is 17.2. The molecule has 3 rings (SSSR count). The number of likely N-dealkylation sites (N-methyl/N-ethyl adjacent to an activating group) is 1. The van der Waals surface area contributed by atoms with Crippen LogP contribution in [0, 0.1) is 3.57 Å². The minimum absolute atomic E-state index is 0.0470. The van der Waals surface area contributed by atoms with E-state index in [0.29, 0.717) is 16.6 Å². The van der Waals surface area contributed by atoms with Crippen molar-refractivity contribution in [1.82, 2.24) is 4.90 Å². The van der Waals surface area contributed by atoms with Crippen LogP contribution < -0.4 is 4.90 Å². The third kappa shape index (κ3) is 4.47. The van der Waals surface area contributed by atoms with E-state index in [4.69, 9.17) is 0 Å². The van der Waals surface area contributed by atoms with Gasteiger partial charge in [-0.2, -0.15) is 0 Å². The molecule has 0 radical (unpaired) electrons. The first-order chi connectivity index (χ1) is 12.9. The summed E-state index contributed by atoms with van der Waals surface area (Å²) < 4.78 is 0.750. The molecule has 0 atom stereocenters. The van der Waals surface area contributed by atoms with Crippen LogP contribution in [-0.4, -0.2) is 41.7 Å². The first kappa shape index (κ1) is 19.8. The van der Waals surface area contributed by atoms with Gasteiger partial charge in [0.1, 0.15) is 5.75 Å². The van der Waals surface area contributed by atoms with Crippen LogP contribution in [0.1, 0.15) is 12.5 Å². The van der Waals surface area contributed by atoms with Gasteiger partial charge in [-0.05, 0) is 89.3 Å². The lowest BCUT2D eigenvalue weighted by Gasteiger charge is -2.13. The van der Waals surface area contributed by atoms with E-state index < -0.39 is 0 Å². The number of carbonyl (C=O) groups is 1. The standard InChI is InChI=1S/C20H20IN3O2S/c1-4-24-19(26)18(12-13-5-10-17(25)16(21)11-13)27-20(24)22-14-6-8-15(9-7-14)23(2)3/h5-12,25H,4H2,1-3H3/b18-12-,22-20?. The topological polar surface area (TPSA) is 56.1 Å². The minimum Gasteiger partial charge on any atom is -0.507 e. The number of aliphatic imine (C=N–C) groups is 1. The zero-order valence-electron chi connectivity index (χ0n) is 15.3. The molecule has 2 aromatic carbocycles. The van der Waals surface area contributed by atoms with Gasteiger partial charge in [0.25, 0.3) is 5.91 Å². The predicted molar refractivity (Wildman–Crippen MR) is 122 cm³/mol. The number of carbonyl (C=O) groups excluding carboxylic acids is 1. The van der Waals surface area contributed by atoms with Gasteiger partial charge < -0.3 is 10.0 Å². The van der Waals surface area contributed by atoms with Crippen LogP contribution in [0.15, 0.2) is 52.4 Å². The number of phenols is 1. The Balaban J connectivity index is 1.89. The van der Waals surface area contributed by atoms with Crippen molar-refractivity contribution < 1.29 is 9.90 Å². The maximum absolute atomic E-state index is 12.7. The second kappa shape index (κ2) is 8.35. The van der Waals surface area contributed by atoms with E-state index in [2.05, 4.69) is 27.6 Å². The van der Waals surface area contributed by atoms with Crippen LogP contribution in [0.2, 0.25) is 0 Å². The van der Waals surface area contributed by atoms with E-state index in [0.717, 1.165) is 20.5 Å². The maximum atomic E-state index is 12.7. The fourth-order valence-electron chi connectivity index (χ4n) is 2.57. The Morgan fingerprint density at radius 1 is 1.22 bits per heavy atom. The van der Waals surface area contributed by atoms with Crippen LogP contribution >= 0.6 is 34.4 Å². The van der Waals surface area contributed by atoms with Crippen molar-refractivity contribution in [2.24, 2.45) is 4.99 Å². The monoisotopic (exact) mass is 493 g/mol. The average Bonchev–Trinajstić information content (AvgIpc) is 2.93. The Bertz CT molecular complexity index is 923. The number of hydrogen-bond acceptors (Lipinski definition) is 5. The first-order valence-electron chi connectivity index (χ1n) is 8.45. The van der Waals surface area contributed by atoms with Gasteiger partial charge >= 0.3 is 0 Å². The van der Waals surface area contributed by atoms with Crippen LogP contribution in [0.5, 0.6) is 5.75 Å². The van der Waals surface area contributed by atoms with Gasteiger partial charge in [-0.3, -0.25) is 9.69 Å². The second-order valence-corrected chi connectivity index (χ2v) is 8.35. The molecule has 1 heterocycles. The van der Waals surface area contributed by atoms with Gasteiger partial charge in [0.2, 0.25) is 0 Å². The molecule has 0 aliphatic carbocycles. The molecule has 0 saturated carbocycles. The Morgan fingerprint density at radius 3 is 2.52 bits per heavy atom. The molecule has 2 aromatic rings. The maximum Gasteiger partial charge on any atom is 0.266 e. The summed E-state index contributed by atoms with van der Waals surface area (Å²) in [6.07, 6.45) is 1.84. The van der Waals surface area contributed by atoms with Gasteiger partial charge in [-0.15, -0.1) is 0 Å². The quantitative estimate of drug-likeness (QED) is 0.496. The number of hydrogen-bond donors (Lipinski definition) is 1. The molecule has 0 unspecified atom stereocenters. The summed E-state index contributed by atoms with van der Waals surface area (Å²) in [4.78, 5) is 21.7. The average molecular weight is 493 g/mol. The number of rotatable bonds is 4. The van der Waals surface area contributed by atoms with Crippen molar-refractivity contribution in [3.63, 3.8) is 0 Å². The minimum atomic E-state index is -0.0470. The van der Waals surface area contributed by atoms with Crippen LogP contribution in [0.3, 0.4) is 0 Å². The van der Waals surface area contributed by atoms with Crippen molar-refractivity contribution >= 4 is 62.9 Å². The lowest BCUT2D eigenvalue weighted by molar-refractivity contribution is -0.122. The lowest BCUT2D eigenvalue weighted by Crippen LogP contribution is -2.28. The highest BCUT2D eigenvalue weighted by molar-refractivity contribution is 14.1. The van der Waals surface area contributed by atoms with E-state index in [1.54, 1.807) is 17.0 Å². The molecule has 1 aliphatic heterocycles. The third-order valence-corrected chi connectivity index (χ3v) is 5.94. The molecule has 0 aromatic heterocycles. The van der Waals surface area contributed by atoms with Crippen molar-refractivity contribution in [3.8, 4) is 5.75 Å². The molecule has 0 spiro atoms. The Hall–Kier alpha value is -2.00. The molecular weight excluding hydrogens is 473 g/mol. The summed E-state index contributed by atoms with van der Waals surface area (Å²) in [7, 11) is 3.99. The number of aromatic hydroxyl groups is 1. The first-order valence-corrected chi connectivity index (χ1v) is 10.3. The number of amides is 1. The van der Waals surface area contributed by atoms with E-state index in [-0.39, 0.29) is 11.7 Å². The summed E-state index contributed by atoms with van der Waals surface area (Å²) in [6.45, 7) is 2.50. The SMILES string of the molecule is CCN1C(=O)/C(=C/c2ccc(O)c(I)c2)SC1=Nc1ccc(N(C)C)cc1. The van der Waals surface area contributed by atoms with E-state index >= 15 is 0 Å². The number of halogens is 1. The van der Waals surface area contributed by atoms with E-state index in [1.165, 1.54) is 11.8 Å². The van der Waals surface area contributed by atoms with Crippen LogP contribution in [-0.2, 0) is 4.79 Å². The van der Waals surface area contributed by atoms with Crippen molar-refractivity contribution in [1.29, 1.82) is 0 Å². The summed E-state index contributed by atoms with van der Waals surface area (Å²) in [5, 5.41) is 10.3. The summed E-state index contributed by atoms with van der Waals surface area (Å²) in [5.41, 5.74) is 2.79. The van der Waals surface area contributed by atoms with Gasteiger partial charge in [0, 0.05) is 26.3 Å². The van der Waals surface area contributed by atoms with Gasteiger partial charge in [-0.1, -0.05) is 6.07 Å². The second-order valence-electron chi connectivity index (χ2n) is 6.18. The van der Waals surface area contributed by atoms with Crippen LogP contribution in [0.25, 0.3) is 6.08 Å². The Kier molecular flexibility index (Phi) is 6.11. The molecule has 7 heteroatoms. The molecular formula is C20H20IN3O2S. The number of phenolic OH excluding ortho intramolecular Hbond substituents is 1. The van der Waals surface area contributed by atoms with Gasteiger partial charge in [0.05, 0.1) is 14.2 Å². The third-order valence-electron chi connectivity index (χ3n) is 4.06. The summed E-state index contributed by atoms with van der Waals surface area (Å²) in [5.74, 6) is 0.191. The van der Waals surface area contributed by atoms with Crippen LogP contribution in [0.4, 0.5) is 11.4 Å². The smallest absolute Gasteiger partial charge is 0.266 e. The molecule has 1 amide bonds. The number of nitrogens with zero attached hydrogens (tertiary/aromatic N) is 3. The van der Waals surface area contributed by atoms with E-state index in [1.807, 2.05) is 62.3 Å². The fraction of sp³-hybridized carbons (Fsp3) is 0.200. The highest BCUT2D eigenvalue weighted by Gasteiger charge is 2.32. The molecule has 1 fully saturated rings. The zero-order chi connectivity index (χ0) is 19.6. The molecule has 1 saturated heterocycles. The fourth-order valence-corrected chi connectivity index (χ4v) is 4.17. The predicted octanol–water partition coefficient (Wildman–Crippen LogP) is 4.69. The molecule has 0 bridgehead atoms.